The molecule has 1 nitrogen and oxygen atoms in total. The third-order valence-corrected chi connectivity index (χ3v) is 5.07. The normalized spacial score (nSPS) is 29.8. The van der Waals surface area contributed by atoms with Crippen LogP contribution in [-0.4, -0.2) is 6.54 Å². The van der Waals surface area contributed by atoms with E-state index in [1.165, 1.54) is 25.7 Å². The van der Waals surface area contributed by atoms with E-state index in [1.54, 1.807) is 16.7 Å². The Balaban J connectivity index is 1.99. The molecule has 92 valence electrons. The molecular formula is C16H23N. The van der Waals surface area contributed by atoms with Gasteiger partial charge in [-0.25, -0.2) is 0 Å². The molecule has 3 rings (SSSR count). The van der Waals surface area contributed by atoms with Gasteiger partial charge in [0, 0.05) is 0 Å². The molecule has 1 aromatic rings. The van der Waals surface area contributed by atoms with Gasteiger partial charge in [-0.1, -0.05) is 32.0 Å². The summed E-state index contributed by atoms with van der Waals surface area (Å²) in [5, 5.41) is 0. The first kappa shape index (κ1) is 11.3. The van der Waals surface area contributed by atoms with Gasteiger partial charge in [0.1, 0.15) is 0 Å². The Bertz CT molecular complexity index is 433. The van der Waals surface area contributed by atoms with Crippen LogP contribution < -0.4 is 5.73 Å². The number of nitrogens with two attached hydrogens (primary N) is 1. The molecule has 2 atom stereocenters. The van der Waals surface area contributed by atoms with Crippen LogP contribution in [0.2, 0.25) is 0 Å². The van der Waals surface area contributed by atoms with Crippen LogP contribution in [0.25, 0.3) is 0 Å². The van der Waals surface area contributed by atoms with E-state index in [1.807, 2.05) is 0 Å². The fourth-order valence-electron chi connectivity index (χ4n) is 3.90. The van der Waals surface area contributed by atoms with Gasteiger partial charge in [-0.2, -0.15) is 0 Å². The molecule has 0 spiro atoms. The highest BCUT2D eigenvalue weighted by atomic mass is 14.7. The number of aryl methyl sites for hydroxylation is 1. The fourth-order valence-corrected chi connectivity index (χ4v) is 3.90. The van der Waals surface area contributed by atoms with Gasteiger partial charge in [-0.05, 0) is 66.2 Å². The highest BCUT2D eigenvalue weighted by Crippen LogP contribution is 2.64. The van der Waals surface area contributed by atoms with E-state index >= 15 is 0 Å². The van der Waals surface area contributed by atoms with E-state index in [4.69, 9.17) is 5.73 Å². The van der Waals surface area contributed by atoms with Crippen LogP contribution in [0, 0.1) is 11.3 Å². The molecule has 0 bridgehead atoms. The molecule has 0 saturated heterocycles. The largest absolute Gasteiger partial charge is 0.330 e. The summed E-state index contributed by atoms with van der Waals surface area (Å²) in [4.78, 5) is 0. The zero-order valence-electron chi connectivity index (χ0n) is 11.0. The zero-order chi connectivity index (χ0) is 12.0. The third kappa shape index (κ3) is 1.63. The van der Waals surface area contributed by atoms with Crippen molar-refractivity contribution in [3.63, 3.8) is 0 Å². The maximum atomic E-state index is 5.91. The lowest BCUT2D eigenvalue weighted by atomic mass is 9.85. The highest BCUT2D eigenvalue weighted by Gasteiger charge is 2.57. The van der Waals surface area contributed by atoms with Crippen LogP contribution >= 0.6 is 0 Å². The van der Waals surface area contributed by atoms with Gasteiger partial charge in [0.2, 0.25) is 0 Å². The van der Waals surface area contributed by atoms with E-state index in [0.717, 1.165) is 6.54 Å². The van der Waals surface area contributed by atoms with Crippen molar-refractivity contribution >= 4 is 0 Å². The fraction of sp³-hybridized carbons (Fsp3) is 0.625. The van der Waals surface area contributed by atoms with Crippen LogP contribution in [0.4, 0.5) is 0 Å². The molecule has 0 heterocycles. The summed E-state index contributed by atoms with van der Waals surface area (Å²) in [5.41, 5.74) is 11.2. The lowest BCUT2D eigenvalue weighted by Gasteiger charge is -2.20. The minimum absolute atomic E-state index is 0.418. The number of benzene rings is 1. The average molecular weight is 229 g/mol. The van der Waals surface area contributed by atoms with Crippen LogP contribution in [0.1, 0.15) is 49.3 Å². The van der Waals surface area contributed by atoms with Crippen LogP contribution in [0.5, 0.6) is 0 Å². The van der Waals surface area contributed by atoms with Gasteiger partial charge in [0.25, 0.3) is 0 Å². The maximum absolute atomic E-state index is 5.91. The minimum atomic E-state index is 0.418. The molecule has 0 aromatic heterocycles. The average Bonchev–Trinajstić information content (AvgIpc) is 2.90. The SMILES string of the molecule is CC1(C)[C@@H](CN)[C@@H]1c1cccc2c1CCCC2. The first-order valence-electron chi connectivity index (χ1n) is 6.97. The van der Waals surface area contributed by atoms with Crippen molar-refractivity contribution in [2.75, 3.05) is 6.54 Å². The Morgan fingerprint density at radius 2 is 2.00 bits per heavy atom. The summed E-state index contributed by atoms with van der Waals surface area (Å²) in [6, 6.07) is 6.93. The predicted molar refractivity (Wildman–Crippen MR) is 72.2 cm³/mol. The Morgan fingerprint density at radius 3 is 2.71 bits per heavy atom. The Morgan fingerprint density at radius 1 is 1.24 bits per heavy atom. The molecule has 0 amide bonds. The first-order chi connectivity index (χ1) is 8.16. The van der Waals surface area contributed by atoms with Crippen molar-refractivity contribution in [1.29, 1.82) is 0 Å². The summed E-state index contributed by atoms with van der Waals surface area (Å²) in [6.45, 7) is 5.58. The van der Waals surface area contributed by atoms with Gasteiger partial charge in [0.15, 0.2) is 0 Å². The lowest BCUT2D eigenvalue weighted by molar-refractivity contribution is 0.557. The third-order valence-electron chi connectivity index (χ3n) is 5.07. The van der Waals surface area contributed by atoms with Crippen LogP contribution in [-0.2, 0) is 12.8 Å². The molecule has 1 heteroatoms. The Labute approximate surface area is 104 Å². The van der Waals surface area contributed by atoms with Gasteiger partial charge < -0.3 is 5.73 Å². The second kappa shape index (κ2) is 3.84. The van der Waals surface area contributed by atoms with Gasteiger partial charge in [0.05, 0.1) is 0 Å². The predicted octanol–water partition coefficient (Wildman–Crippen LogP) is 3.26. The molecule has 1 aromatic carbocycles. The number of hydrogen-bond acceptors (Lipinski definition) is 1. The second-order valence-corrected chi connectivity index (χ2v) is 6.33. The molecule has 1 fully saturated rings. The number of hydrogen-bond donors (Lipinski definition) is 1. The van der Waals surface area contributed by atoms with Crippen molar-refractivity contribution in [3.8, 4) is 0 Å². The van der Waals surface area contributed by atoms with Crippen molar-refractivity contribution in [3.05, 3.63) is 34.9 Å². The van der Waals surface area contributed by atoms with Crippen molar-refractivity contribution in [2.24, 2.45) is 17.1 Å². The molecule has 1 saturated carbocycles. The van der Waals surface area contributed by atoms with E-state index in [-0.39, 0.29) is 0 Å². The van der Waals surface area contributed by atoms with Gasteiger partial charge >= 0.3 is 0 Å². The Kier molecular flexibility index (Phi) is 2.55. The van der Waals surface area contributed by atoms with E-state index < -0.39 is 0 Å². The quantitative estimate of drug-likeness (QED) is 0.827. The van der Waals surface area contributed by atoms with E-state index in [9.17, 15) is 0 Å². The molecule has 2 aliphatic carbocycles. The number of fused-ring (bicyclic) bond motifs is 1. The lowest BCUT2D eigenvalue weighted by Crippen LogP contribution is -2.07. The summed E-state index contributed by atoms with van der Waals surface area (Å²) in [5.74, 6) is 1.40. The zero-order valence-corrected chi connectivity index (χ0v) is 11.0. The van der Waals surface area contributed by atoms with Crippen molar-refractivity contribution in [1.82, 2.24) is 0 Å². The Hall–Kier alpha value is -0.820. The summed E-state index contributed by atoms with van der Waals surface area (Å²) >= 11 is 0. The topological polar surface area (TPSA) is 26.0 Å². The van der Waals surface area contributed by atoms with Crippen molar-refractivity contribution < 1.29 is 0 Å². The smallest absolute Gasteiger partial charge is 0.00375 e. The maximum Gasteiger partial charge on any atom is -0.00375 e. The summed E-state index contributed by atoms with van der Waals surface area (Å²) in [7, 11) is 0. The molecule has 0 unspecified atom stereocenters. The molecule has 2 aliphatic rings. The standard InChI is InChI=1S/C16H23N/c1-16(2)14(10-17)15(16)13-9-5-7-11-6-3-4-8-12(11)13/h5,7,9,14-15H,3-4,6,8,10,17H2,1-2H3/t14-,15-/m0/s1. The summed E-state index contributed by atoms with van der Waals surface area (Å²) < 4.78 is 0. The number of rotatable bonds is 2. The van der Waals surface area contributed by atoms with Gasteiger partial charge in [-0.3, -0.25) is 0 Å². The van der Waals surface area contributed by atoms with Crippen molar-refractivity contribution in [2.45, 2.75) is 45.4 Å². The first-order valence-corrected chi connectivity index (χ1v) is 6.97. The van der Waals surface area contributed by atoms with E-state index in [0.29, 0.717) is 17.3 Å². The molecular weight excluding hydrogens is 206 g/mol. The molecule has 0 aliphatic heterocycles. The van der Waals surface area contributed by atoms with Crippen LogP contribution in [0.15, 0.2) is 18.2 Å². The van der Waals surface area contributed by atoms with Crippen LogP contribution in [0.3, 0.4) is 0 Å². The minimum Gasteiger partial charge on any atom is -0.330 e. The van der Waals surface area contributed by atoms with Gasteiger partial charge in [-0.15, -0.1) is 0 Å². The highest BCUT2D eigenvalue weighted by molar-refractivity contribution is 5.44. The molecule has 0 radical (unpaired) electrons. The summed E-state index contributed by atoms with van der Waals surface area (Å²) in [6.07, 6.45) is 5.30. The van der Waals surface area contributed by atoms with E-state index in [2.05, 4.69) is 32.0 Å². The molecule has 2 N–H and O–H groups in total. The second-order valence-electron chi connectivity index (χ2n) is 6.33. The monoisotopic (exact) mass is 229 g/mol. The molecule has 17 heavy (non-hydrogen) atoms.